The highest BCUT2D eigenvalue weighted by Gasteiger charge is 2.08. The molecule has 0 radical (unpaired) electrons. The molecule has 1 rings (SSSR count). The van der Waals surface area contributed by atoms with E-state index in [0.717, 1.165) is 23.0 Å². The standard InChI is InChI=1S/C11H14O2/c1-8-4-9(2)6-10(5-8)11(7-12)13-3/h4-7,11H,1-3H3. The Morgan fingerprint density at radius 1 is 1.23 bits per heavy atom. The first-order chi connectivity index (χ1) is 6.17. The second kappa shape index (κ2) is 4.19. The molecule has 0 N–H and O–H groups in total. The van der Waals surface area contributed by atoms with Crippen LogP contribution in [0.15, 0.2) is 18.2 Å². The molecule has 70 valence electrons. The van der Waals surface area contributed by atoms with Crippen molar-refractivity contribution in [2.75, 3.05) is 7.11 Å². The van der Waals surface area contributed by atoms with Gasteiger partial charge in [0.15, 0.2) is 6.29 Å². The molecule has 0 bridgehead atoms. The van der Waals surface area contributed by atoms with Crippen LogP contribution in [0.25, 0.3) is 0 Å². The lowest BCUT2D eigenvalue weighted by molar-refractivity contribution is -0.116. The highest BCUT2D eigenvalue weighted by Crippen LogP contribution is 2.17. The minimum Gasteiger partial charge on any atom is -0.369 e. The number of carbonyl (C=O) groups is 1. The van der Waals surface area contributed by atoms with Crippen LogP contribution in [-0.4, -0.2) is 13.4 Å². The fourth-order valence-electron chi connectivity index (χ4n) is 1.44. The van der Waals surface area contributed by atoms with Gasteiger partial charge in [-0.25, -0.2) is 0 Å². The summed E-state index contributed by atoms with van der Waals surface area (Å²) in [7, 11) is 1.54. The fraction of sp³-hybridized carbons (Fsp3) is 0.364. The maximum atomic E-state index is 10.6. The molecular formula is C11H14O2. The molecule has 1 aromatic rings. The average Bonchev–Trinajstić information content (AvgIpc) is 2.04. The Morgan fingerprint density at radius 2 is 1.77 bits per heavy atom. The quantitative estimate of drug-likeness (QED) is 0.663. The molecule has 0 aliphatic rings. The summed E-state index contributed by atoms with van der Waals surface area (Å²) in [5.74, 6) is 0. The number of carbonyl (C=O) groups excluding carboxylic acids is 1. The molecule has 0 aliphatic heterocycles. The second-order valence-corrected chi connectivity index (χ2v) is 3.21. The first kappa shape index (κ1) is 9.93. The van der Waals surface area contributed by atoms with Gasteiger partial charge in [-0.1, -0.05) is 29.3 Å². The molecule has 0 aliphatic carbocycles. The third-order valence-corrected chi connectivity index (χ3v) is 1.95. The van der Waals surface area contributed by atoms with E-state index in [0.29, 0.717) is 0 Å². The molecule has 0 saturated carbocycles. The van der Waals surface area contributed by atoms with Crippen molar-refractivity contribution in [1.82, 2.24) is 0 Å². The van der Waals surface area contributed by atoms with E-state index in [2.05, 4.69) is 6.07 Å². The Balaban J connectivity index is 3.05. The van der Waals surface area contributed by atoms with Crippen molar-refractivity contribution in [3.63, 3.8) is 0 Å². The predicted molar refractivity (Wildman–Crippen MR) is 51.7 cm³/mol. The number of hydrogen-bond acceptors (Lipinski definition) is 2. The zero-order chi connectivity index (χ0) is 9.84. The van der Waals surface area contributed by atoms with Crippen molar-refractivity contribution in [2.24, 2.45) is 0 Å². The molecule has 0 amide bonds. The largest absolute Gasteiger partial charge is 0.369 e. The van der Waals surface area contributed by atoms with Crippen LogP contribution < -0.4 is 0 Å². The first-order valence-corrected chi connectivity index (χ1v) is 4.23. The number of rotatable bonds is 3. The van der Waals surface area contributed by atoms with E-state index < -0.39 is 6.10 Å². The highest BCUT2D eigenvalue weighted by atomic mass is 16.5. The van der Waals surface area contributed by atoms with Crippen LogP contribution in [0, 0.1) is 13.8 Å². The molecule has 0 fully saturated rings. The van der Waals surface area contributed by atoms with Gasteiger partial charge in [0.05, 0.1) is 0 Å². The lowest BCUT2D eigenvalue weighted by atomic mass is 10.0. The number of aryl methyl sites for hydroxylation is 2. The summed E-state index contributed by atoms with van der Waals surface area (Å²) in [4.78, 5) is 10.6. The highest BCUT2D eigenvalue weighted by molar-refractivity contribution is 5.60. The van der Waals surface area contributed by atoms with Crippen LogP contribution in [0.1, 0.15) is 22.8 Å². The molecule has 0 heterocycles. The summed E-state index contributed by atoms with van der Waals surface area (Å²) in [6.45, 7) is 4.02. The molecule has 2 heteroatoms. The smallest absolute Gasteiger partial charge is 0.153 e. The van der Waals surface area contributed by atoms with Gasteiger partial charge in [0, 0.05) is 7.11 Å². The maximum Gasteiger partial charge on any atom is 0.153 e. The van der Waals surface area contributed by atoms with E-state index in [1.165, 1.54) is 7.11 Å². The predicted octanol–water partition coefficient (Wildman–Crippen LogP) is 2.19. The van der Waals surface area contributed by atoms with Gasteiger partial charge in [-0.2, -0.15) is 0 Å². The average molecular weight is 178 g/mol. The summed E-state index contributed by atoms with van der Waals surface area (Å²) in [6.07, 6.45) is 0.382. The second-order valence-electron chi connectivity index (χ2n) is 3.21. The van der Waals surface area contributed by atoms with E-state index in [1.54, 1.807) is 0 Å². The Bertz CT molecular complexity index is 285. The van der Waals surface area contributed by atoms with Gasteiger partial charge in [-0.3, -0.25) is 0 Å². The van der Waals surface area contributed by atoms with Crippen LogP contribution in [-0.2, 0) is 9.53 Å². The van der Waals surface area contributed by atoms with Crippen molar-refractivity contribution >= 4 is 6.29 Å². The monoisotopic (exact) mass is 178 g/mol. The zero-order valence-electron chi connectivity index (χ0n) is 8.20. The Labute approximate surface area is 78.5 Å². The number of aldehydes is 1. The van der Waals surface area contributed by atoms with Crippen LogP contribution in [0.3, 0.4) is 0 Å². The molecular weight excluding hydrogens is 164 g/mol. The van der Waals surface area contributed by atoms with Crippen LogP contribution in [0.4, 0.5) is 0 Å². The normalized spacial score (nSPS) is 12.5. The number of benzene rings is 1. The van der Waals surface area contributed by atoms with E-state index in [9.17, 15) is 4.79 Å². The Kier molecular flexibility index (Phi) is 3.20. The van der Waals surface area contributed by atoms with Crippen molar-refractivity contribution in [2.45, 2.75) is 20.0 Å². The van der Waals surface area contributed by atoms with Crippen LogP contribution >= 0.6 is 0 Å². The Hall–Kier alpha value is -1.15. The summed E-state index contributed by atoms with van der Waals surface area (Å²) >= 11 is 0. The molecule has 0 spiro atoms. The zero-order valence-corrected chi connectivity index (χ0v) is 8.20. The van der Waals surface area contributed by atoms with Crippen molar-refractivity contribution in [3.8, 4) is 0 Å². The van der Waals surface area contributed by atoms with Crippen molar-refractivity contribution < 1.29 is 9.53 Å². The van der Waals surface area contributed by atoms with Crippen LogP contribution in [0.5, 0.6) is 0 Å². The third-order valence-electron chi connectivity index (χ3n) is 1.95. The maximum absolute atomic E-state index is 10.6. The number of ether oxygens (including phenoxy) is 1. The molecule has 1 unspecified atom stereocenters. The summed E-state index contributed by atoms with van der Waals surface area (Å²) < 4.78 is 5.03. The van der Waals surface area contributed by atoms with E-state index in [4.69, 9.17) is 4.74 Å². The summed E-state index contributed by atoms with van der Waals surface area (Å²) in [5.41, 5.74) is 3.23. The van der Waals surface area contributed by atoms with Gasteiger partial charge in [-0.15, -0.1) is 0 Å². The number of methoxy groups -OCH3 is 1. The topological polar surface area (TPSA) is 26.3 Å². The van der Waals surface area contributed by atoms with Gasteiger partial charge >= 0.3 is 0 Å². The summed E-state index contributed by atoms with van der Waals surface area (Å²) in [5, 5.41) is 0. The lowest BCUT2D eigenvalue weighted by Gasteiger charge is -2.10. The molecule has 13 heavy (non-hydrogen) atoms. The minimum atomic E-state index is -0.432. The third kappa shape index (κ3) is 2.39. The summed E-state index contributed by atoms with van der Waals surface area (Å²) in [6, 6.07) is 6.01. The van der Waals surface area contributed by atoms with Gasteiger partial charge < -0.3 is 9.53 Å². The van der Waals surface area contributed by atoms with Gasteiger partial charge in [-0.05, 0) is 19.4 Å². The van der Waals surface area contributed by atoms with E-state index in [-0.39, 0.29) is 0 Å². The SMILES string of the molecule is COC(C=O)c1cc(C)cc(C)c1. The molecule has 2 nitrogen and oxygen atoms in total. The minimum absolute atomic E-state index is 0.432. The first-order valence-electron chi connectivity index (χ1n) is 4.23. The van der Waals surface area contributed by atoms with Crippen molar-refractivity contribution in [1.29, 1.82) is 0 Å². The van der Waals surface area contributed by atoms with Crippen LogP contribution in [0.2, 0.25) is 0 Å². The van der Waals surface area contributed by atoms with Crippen molar-refractivity contribution in [3.05, 3.63) is 34.9 Å². The van der Waals surface area contributed by atoms with E-state index in [1.807, 2.05) is 26.0 Å². The van der Waals surface area contributed by atoms with Gasteiger partial charge in [0.1, 0.15) is 6.10 Å². The molecule has 0 saturated heterocycles. The molecule has 1 aromatic carbocycles. The van der Waals surface area contributed by atoms with E-state index >= 15 is 0 Å². The Morgan fingerprint density at radius 3 is 2.15 bits per heavy atom. The van der Waals surface area contributed by atoms with Gasteiger partial charge in [0.2, 0.25) is 0 Å². The molecule has 1 atom stereocenters. The molecule has 0 aromatic heterocycles. The fourth-order valence-corrected chi connectivity index (χ4v) is 1.44. The number of hydrogen-bond donors (Lipinski definition) is 0. The van der Waals surface area contributed by atoms with Gasteiger partial charge in [0.25, 0.3) is 0 Å². The lowest BCUT2D eigenvalue weighted by Crippen LogP contribution is -2.03.